The normalized spacial score (nSPS) is 21.1. The zero-order chi connectivity index (χ0) is 14.6. The number of nitrogens with zero attached hydrogens (tertiary/aromatic N) is 1. The highest BCUT2D eigenvalue weighted by Crippen LogP contribution is 2.40. The third-order valence-electron chi connectivity index (χ3n) is 3.31. The van der Waals surface area contributed by atoms with Crippen LogP contribution in [0.25, 0.3) is 10.9 Å². The van der Waals surface area contributed by atoms with E-state index in [1.807, 2.05) is 0 Å². The Labute approximate surface area is 110 Å². The van der Waals surface area contributed by atoms with Crippen LogP contribution in [0.15, 0.2) is 23.1 Å². The number of aromatic carboxylic acids is 1. The van der Waals surface area contributed by atoms with Crippen LogP contribution in [0.4, 0.5) is 13.2 Å². The Bertz CT molecular complexity index is 800. The Hall–Kier alpha value is -2.31. The van der Waals surface area contributed by atoms with Crippen LogP contribution in [-0.4, -0.2) is 21.8 Å². The van der Waals surface area contributed by atoms with Gasteiger partial charge in [0.15, 0.2) is 5.82 Å². The van der Waals surface area contributed by atoms with Crippen molar-refractivity contribution in [2.45, 2.75) is 18.6 Å². The molecule has 3 rings (SSSR count). The van der Waals surface area contributed by atoms with Crippen LogP contribution in [0.2, 0.25) is 0 Å². The average Bonchev–Trinajstić information content (AvgIpc) is 3.07. The van der Waals surface area contributed by atoms with E-state index in [1.165, 1.54) is 0 Å². The SMILES string of the molecule is O=C(O)c1cn([C@@H]2C[C@H]2F)c2c(F)cc(F)cc2c1=O. The first-order valence-corrected chi connectivity index (χ1v) is 5.81. The van der Waals surface area contributed by atoms with Crippen molar-refractivity contribution in [1.29, 1.82) is 0 Å². The quantitative estimate of drug-likeness (QED) is 0.919. The van der Waals surface area contributed by atoms with Crippen molar-refractivity contribution >= 4 is 16.9 Å². The summed E-state index contributed by atoms with van der Waals surface area (Å²) in [5, 5.41) is 8.56. The summed E-state index contributed by atoms with van der Waals surface area (Å²) in [5.74, 6) is -3.53. The maximum Gasteiger partial charge on any atom is 0.341 e. The van der Waals surface area contributed by atoms with Crippen molar-refractivity contribution in [3.63, 3.8) is 0 Å². The fourth-order valence-electron chi connectivity index (χ4n) is 2.26. The number of rotatable bonds is 2. The number of benzene rings is 1. The number of fused-ring (bicyclic) bond motifs is 1. The molecule has 0 spiro atoms. The Balaban J connectivity index is 2.45. The van der Waals surface area contributed by atoms with E-state index in [0.29, 0.717) is 6.07 Å². The lowest BCUT2D eigenvalue weighted by atomic mass is 10.1. The molecule has 0 saturated heterocycles. The molecule has 104 valence electrons. The van der Waals surface area contributed by atoms with Crippen LogP contribution in [0.3, 0.4) is 0 Å². The van der Waals surface area contributed by atoms with E-state index < -0.39 is 46.2 Å². The van der Waals surface area contributed by atoms with Crippen LogP contribution < -0.4 is 5.43 Å². The summed E-state index contributed by atoms with van der Waals surface area (Å²) in [7, 11) is 0. The fourth-order valence-corrected chi connectivity index (χ4v) is 2.26. The smallest absolute Gasteiger partial charge is 0.341 e. The third-order valence-corrected chi connectivity index (χ3v) is 3.31. The number of hydrogen-bond acceptors (Lipinski definition) is 2. The van der Waals surface area contributed by atoms with Crippen molar-refractivity contribution < 1.29 is 23.1 Å². The van der Waals surface area contributed by atoms with E-state index >= 15 is 0 Å². The van der Waals surface area contributed by atoms with E-state index in [9.17, 15) is 22.8 Å². The summed E-state index contributed by atoms with van der Waals surface area (Å²) in [6.45, 7) is 0. The number of carbonyl (C=O) groups is 1. The predicted molar refractivity (Wildman–Crippen MR) is 63.6 cm³/mol. The zero-order valence-electron chi connectivity index (χ0n) is 9.94. The Morgan fingerprint density at radius 2 is 2.00 bits per heavy atom. The lowest BCUT2D eigenvalue weighted by Gasteiger charge is -2.12. The molecular formula is C13H8F3NO3. The second-order valence-electron chi connectivity index (χ2n) is 4.69. The molecule has 0 amide bonds. The molecule has 0 aliphatic heterocycles. The van der Waals surface area contributed by atoms with Gasteiger partial charge in [0.05, 0.1) is 16.9 Å². The van der Waals surface area contributed by atoms with Gasteiger partial charge >= 0.3 is 5.97 Å². The molecule has 1 saturated carbocycles. The number of pyridine rings is 1. The number of halogens is 3. The molecule has 2 atom stereocenters. The van der Waals surface area contributed by atoms with Gasteiger partial charge < -0.3 is 9.67 Å². The number of aromatic nitrogens is 1. The standard InChI is InChI=1S/C13H8F3NO3/c14-5-1-6-11(9(16)2-5)17(10-3-8(10)15)4-7(12(6)18)13(19)20/h1-2,4,8,10H,3H2,(H,19,20)/t8-,10-/m1/s1. The number of carboxylic acid groups (broad SMARTS) is 1. The molecule has 0 bridgehead atoms. The molecule has 1 heterocycles. The number of alkyl halides is 1. The Morgan fingerprint density at radius 3 is 2.55 bits per heavy atom. The largest absolute Gasteiger partial charge is 0.477 e. The third kappa shape index (κ3) is 1.77. The molecule has 2 aromatic rings. The Kier molecular flexibility index (Phi) is 2.60. The van der Waals surface area contributed by atoms with Crippen LogP contribution in [0.5, 0.6) is 0 Å². The second kappa shape index (κ2) is 4.09. The topological polar surface area (TPSA) is 59.3 Å². The minimum Gasteiger partial charge on any atom is -0.477 e. The van der Waals surface area contributed by atoms with Crippen LogP contribution in [-0.2, 0) is 0 Å². The van der Waals surface area contributed by atoms with Crippen LogP contribution in [0.1, 0.15) is 22.8 Å². The highest BCUT2D eigenvalue weighted by molar-refractivity contribution is 5.92. The molecule has 1 fully saturated rings. The lowest BCUT2D eigenvalue weighted by molar-refractivity contribution is 0.0694. The summed E-state index contributed by atoms with van der Waals surface area (Å²) in [4.78, 5) is 22.9. The average molecular weight is 283 g/mol. The summed E-state index contributed by atoms with van der Waals surface area (Å²) >= 11 is 0. The van der Waals surface area contributed by atoms with Crippen LogP contribution >= 0.6 is 0 Å². The van der Waals surface area contributed by atoms with Gasteiger partial charge in [0.2, 0.25) is 5.43 Å². The monoisotopic (exact) mass is 283 g/mol. The molecule has 1 aliphatic carbocycles. The van der Waals surface area contributed by atoms with E-state index in [-0.39, 0.29) is 11.9 Å². The summed E-state index contributed by atoms with van der Waals surface area (Å²) in [5.41, 5.74) is -1.90. The number of carboxylic acids is 1. The van der Waals surface area contributed by atoms with Gasteiger partial charge in [-0.05, 0) is 6.07 Å². The predicted octanol–water partition coefficient (Wildman–Crippen LogP) is 2.26. The molecule has 1 aromatic carbocycles. The highest BCUT2D eigenvalue weighted by Gasteiger charge is 2.40. The first kappa shape index (κ1) is 12.7. The molecule has 0 unspecified atom stereocenters. The molecule has 1 aromatic heterocycles. The lowest BCUT2D eigenvalue weighted by Crippen LogP contribution is -2.20. The molecule has 4 nitrogen and oxygen atoms in total. The molecule has 1 aliphatic rings. The summed E-state index contributed by atoms with van der Waals surface area (Å²) in [6, 6.07) is 0.615. The maximum atomic E-state index is 13.9. The van der Waals surface area contributed by atoms with E-state index in [0.717, 1.165) is 16.8 Å². The summed E-state index contributed by atoms with van der Waals surface area (Å²) in [6.07, 6.45) is -0.210. The van der Waals surface area contributed by atoms with E-state index in [2.05, 4.69) is 0 Å². The highest BCUT2D eigenvalue weighted by atomic mass is 19.1. The molecule has 20 heavy (non-hydrogen) atoms. The van der Waals surface area contributed by atoms with Gasteiger partial charge in [-0.2, -0.15) is 0 Å². The van der Waals surface area contributed by atoms with Crippen molar-refractivity contribution in [3.8, 4) is 0 Å². The first-order chi connectivity index (χ1) is 9.40. The van der Waals surface area contributed by atoms with Gasteiger partial charge in [-0.15, -0.1) is 0 Å². The van der Waals surface area contributed by atoms with E-state index in [4.69, 9.17) is 5.11 Å². The molecule has 0 radical (unpaired) electrons. The van der Waals surface area contributed by atoms with Gasteiger partial charge in [0.25, 0.3) is 0 Å². The van der Waals surface area contributed by atoms with Crippen molar-refractivity contribution in [2.75, 3.05) is 0 Å². The zero-order valence-corrected chi connectivity index (χ0v) is 9.94. The molecule has 1 N–H and O–H groups in total. The Morgan fingerprint density at radius 1 is 1.35 bits per heavy atom. The van der Waals surface area contributed by atoms with Gasteiger partial charge in [0, 0.05) is 18.7 Å². The fraction of sp³-hybridized carbons (Fsp3) is 0.231. The van der Waals surface area contributed by atoms with Gasteiger partial charge in [0.1, 0.15) is 17.6 Å². The minimum atomic E-state index is -1.52. The van der Waals surface area contributed by atoms with Crippen molar-refractivity contribution in [3.05, 3.63) is 45.8 Å². The second-order valence-corrected chi connectivity index (χ2v) is 4.69. The maximum absolute atomic E-state index is 13.9. The van der Waals surface area contributed by atoms with Gasteiger partial charge in [-0.3, -0.25) is 4.79 Å². The van der Waals surface area contributed by atoms with Crippen molar-refractivity contribution in [2.24, 2.45) is 0 Å². The van der Waals surface area contributed by atoms with Gasteiger partial charge in [-0.25, -0.2) is 18.0 Å². The van der Waals surface area contributed by atoms with E-state index in [1.54, 1.807) is 0 Å². The number of hydrogen-bond donors (Lipinski definition) is 1. The van der Waals surface area contributed by atoms with Crippen molar-refractivity contribution in [1.82, 2.24) is 4.57 Å². The summed E-state index contributed by atoms with van der Waals surface area (Å²) < 4.78 is 41.4. The minimum absolute atomic E-state index is 0.105. The molecular weight excluding hydrogens is 275 g/mol. The van der Waals surface area contributed by atoms with Gasteiger partial charge in [-0.1, -0.05) is 0 Å². The first-order valence-electron chi connectivity index (χ1n) is 5.81. The van der Waals surface area contributed by atoms with Crippen LogP contribution in [0, 0.1) is 11.6 Å². The molecule has 7 heteroatoms.